The van der Waals surface area contributed by atoms with Gasteiger partial charge in [0.2, 0.25) is 0 Å². The topological polar surface area (TPSA) is 50.1 Å². The molecule has 0 fully saturated rings. The van der Waals surface area contributed by atoms with Crippen LogP contribution in [-0.4, -0.2) is 13.4 Å². The van der Waals surface area contributed by atoms with Crippen LogP contribution in [-0.2, 0) is 0 Å². The summed E-state index contributed by atoms with van der Waals surface area (Å²) in [5.74, 6) is -0.0170. The van der Waals surface area contributed by atoms with Crippen LogP contribution in [0.1, 0.15) is 15.9 Å². The Morgan fingerprint density at radius 1 is 1.26 bits per heavy atom. The van der Waals surface area contributed by atoms with Crippen molar-refractivity contribution in [1.82, 2.24) is 0 Å². The molecule has 0 spiro atoms. The maximum absolute atomic E-state index is 13.3. The van der Waals surface area contributed by atoms with Crippen LogP contribution in [0.2, 0.25) is 0 Å². The van der Waals surface area contributed by atoms with Gasteiger partial charge in [-0.2, -0.15) is 5.26 Å². The Bertz CT molecular complexity index is 674. The van der Waals surface area contributed by atoms with Gasteiger partial charge in [-0.3, -0.25) is 4.79 Å². The number of carbonyl (C=O) groups is 1. The molecule has 3 nitrogen and oxygen atoms in total. The average Bonchev–Trinajstić information content (AvgIpc) is 2.47. The molecule has 0 unspecified atom stereocenters. The van der Waals surface area contributed by atoms with E-state index < -0.39 is 5.82 Å². The maximum atomic E-state index is 13.3. The van der Waals surface area contributed by atoms with Crippen molar-refractivity contribution in [3.8, 4) is 22.9 Å². The van der Waals surface area contributed by atoms with Gasteiger partial charge in [0.05, 0.1) is 24.3 Å². The van der Waals surface area contributed by atoms with Crippen molar-refractivity contribution in [2.75, 3.05) is 7.11 Å². The van der Waals surface area contributed by atoms with E-state index in [1.54, 1.807) is 24.3 Å². The highest BCUT2D eigenvalue weighted by Crippen LogP contribution is 2.31. The SMILES string of the molecule is COc1ccc(C#N)cc1-c1ccc(F)c(C=O)c1. The van der Waals surface area contributed by atoms with Crippen molar-refractivity contribution in [2.24, 2.45) is 0 Å². The van der Waals surface area contributed by atoms with Crippen molar-refractivity contribution in [3.63, 3.8) is 0 Å². The Morgan fingerprint density at radius 2 is 2.05 bits per heavy atom. The molecule has 94 valence electrons. The highest BCUT2D eigenvalue weighted by atomic mass is 19.1. The van der Waals surface area contributed by atoms with Gasteiger partial charge < -0.3 is 4.74 Å². The van der Waals surface area contributed by atoms with E-state index in [1.807, 2.05) is 6.07 Å². The zero-order chi connectivity index (χ0) is 13.8. The minimum Gasteiger partial charge on any atom is -0.496 e. The molecule has 0 bridgehead atoms. The van der Waals surface area contributed by atoms with Crippen molar-refractivity contribution >= 4 is 6.29 Å². The van der Waals surface area contributed by atoms with Gasteiger partial charge in [0.25, 0.3) is 0 Å². The molecule has 2 aromatic rings. The molecule has 4 heteroatoms. The third-order valence-electron chi connectivity index (χ3n) is 2.76. The summed E-state index contributed by atoms with van der Waals surface area (Å²) in [6.45, 7) is 0. The Kier molecular flexibility index (Phi) is 3.58. The Morgan fingerprint density at radius 3 is 2.68 bits per heavy atom. The summed E-state index contributed by atoms with van der Waals surface area (Å²) in [4.78, 5) is 10.8. The summed E-state index contributed by atoms with van der Waals surface area (Å²) in [6, 6.07) is 11.2. The molecular formula is C15H10FNO2. The van der Waals surface area contributed by atoms with E-state index in [9.17, 15) is 9.18 Å². The normalized spacial score (nSPS) is 9.74. The Balaban J connectivity index is 2.63. The summed E-state index contributed by atoms with van der Waals surface area (Å²) < 4.78 is 18.5. The second kappa shape index (κ2) is 5.32. The van der Waals surface area contributed by atoms with Gasteiger partial charge in [-0.1, -0.05) is 6.07 Å². The fourth-order valence-electron chi connectivity index (χ4n) is 1.80. The first-order valence-electron chi connectivity index (χ1n) is 5.53. The van der Waals surface area contributed by atoms with E-state index >= 15 is 0 Å². The van der Waals surface area contributed by atoms with Gasteiger partial charge in [0.15, 0.2) is 6.29 Å². The fourth-order valence-corrected chi connectivity index (χ4v) is 1.80. The van der Waals surface area contributed by atoms with E-state index in [4.69, 9.17) is 10.00 Å². The minimum atomic E-state index is -0.575. The predicted molar refractivity (Wildman–Crippen MR) is 68.5 cm³/mol. The number of carbonyl (C=O) groups excluding carboxylic acids is 1. The lowest BCUT2D eigenvalue weighted by Crippen LogP contribution is -1.92. The van der Waals surface area contributed by atoms with E-state index in [0.29, 0.717) is 28.7 Å². The summed E-state index contributed by atoms with van der Waals surface area (Å²) in [5.41, 5.74) is 1.71. The third-order valence-corrected chi connectivity index (χ3v) is 2.76. The molecular weight excluding hydrogens is 245 g/mol. The van der Waals surface area contributed by atoms with Crippen LogP contribution in [0.5, 0.6) is 5.75 Å². The smallest absolute Gasteiger partial charge is 0.153 e. The number of methoxy groups -OCH3 is 1. The van der Waals surface area contributed by atoms with E-state index in [1.165, 1.54) is 19.2 Å². The molecule has 0 amide bonds. The van der Waals surface area contributed by atoms with Gasteiger partial charge in [0, 0.05) is 5.56 Å². The van der Waals surface area contributed by atoms with Crippen molar-refractivity contribution in [1.29, 1.82) is 5.26 Å². The van der Waals surface area contributed by atoms with Crippen LogP contribution in [0, 0.1) is 17.1 Å². The van der Waals surface area contributed by atoms with Gasteiger partial charge in [0.1, 0.15) is 11.6 Å². The number of rotatable bonds is 3. The van der Waals surface area contributed by atoms with Gasteiger partial charge in [-0.25, -0.2) is 4.39 Å². The summed E-state index contributed by atoms with van der Waals surface area (Å²) in [6.07, 6.45) is 0.458. The summed E-state index contributed by atoms with van der Waals surface area (Å²) >= 11 is 0. The minimum absolute atomic E-state index is 0.0260. The molecule has 0 aliphatic heterocycles. The maximum Gasteiger partial charge on any atom is 0.153 e. The highest BCUT2D eigenvalue weighted by Gasteiger charge is 2.10. The number of halogens is 1. The van der Waals surface area contributed by atoms with Crippen molar-refractivity contribution < 1.29 is 13.9 Å². The molecule has 0 aromatic heterocycles. The molecule has 2 aromatic carbocycles. The first kappa shape index (κ1) is 12.8. The molecule has 0 aliphatic rings. The summed E-state index contributed by atoms with van der Waals surface area (Å²) in [5, 5.41) is 8.91. The Hall–Kier alpha value is -2.67. The van der Waals surface area contributed by atoms with Gasteiger partial charge >= 0.3 is 0 Å². The van der Waals surface area contributed by atoms with Crippen LogP contribution >= 0.6 is 0 Å². The Labute approximate surface area is 109 Å². The molecule has 0 saturated heterocycles. The lowest BCUT2D eigenvalue weighted by atomic mass is 10.0. The number of aldehydes is 1. The standard InChI is InChI=1S/C15H10FNO2/c1-19-15-5-2-10(8-17)6-13(15)11-3-4-14(16)12(7-11)9-18/h2-7,9H,1H3. The zero-order valence-corrected chi connectivity index (χ0v) is 10.2. The predicted octanol–water partition coefficient (Wildman–Crippen LogP) is 3.19. The molecule has 2 rings (SSSR count). The zero-order valence-electron chi connectivity index (χ0n) is 10.2. The second-order valence-corrected chi connectivity index (χ2v) is 3.88. The van der Waals surface area contributed by atoms with Crippen molar-refractivity contribution in [2.45, 2.75) is 0 Å². The number of nitrogens with zero attached hydrogens (tertiary/aromatic N) is 1. The number of hydrogen-bond acceptors (Lipinski definition) is 3. The molecule has 0 heterocycles. The molecule has 19 heavy (non-hydrogen) atoms. The lowest BCUT2D eigenvalue weighted by Gasteiger charge is -2.09. The second-order valence-electron chi connectivity index (χ2n) is 3.88. The van der Waals surface area contributed by atoms with Crippen LogP contribution in [0.4, 0.5) is 4.39 Å². The monoisotopic (exact) mass is 255 g/mol. The average molecular weight is 255 g/mol. The number of hydrogen-bond donors (Lipinski definition) is 0. The lowest BCUT2D eigenvalue weighted by molar-refractivity contribution is 0.112. The molecule has 0 atom stereocenters. The first-order valence-corrected chi connectivity index (χ1v) is 5.53. The van der Waals surface area contributed by atoms with Crippen LogP contribution in [0.25, 0.3) is 11.1 Å². The molecule has 0 saturated carbocycles. The largest absolute Gasteiger partial charge is 0.496 e. The van der Waals surface area contributed by atoms with E-state index in [0.717, 1.165) is 0 Å². The summed E-state index contributed by atoms with van der Waals surface area (Å²) in [7, 11) is 1.51. The van der Waals surface area contributed by atoms with Crippen LogP contribution in [0.15, 0.2) is 36.4 Å². The molecule has 0 N–H and O–H groups in total. The quantitative estimate of drug-likeness (QED) is 0.791. The number of benzene rings is 2. The van der Waals surface area contributed by atoms with E-state index in [-0.39, 0.29) is 5.56 Å². The number of nitriles is 1. The van der Waals surface area contributed by atoms with E-state index in [2.05, 4.69) is 0 Å². The van der Waals surface area contributed by atoms with Gasteiger partial charge in [-0.15, -0.1) is 0 Å². The number of ether oxygens (including phenoxy) is 1. The fraction of sp³-hybridized carbons (Fsp3) is 0.0667. The van der Waals surface area contributed by atoms with Crippen LogP contribution < -0.4 is 4.74 Å². The van der Waals surface area contributed by atoms with Gasteiger partial charge in [-0.05, 0) is 35.9 Å². The third kappa shape index (κ3) is 2.45. The molecule has 0 aliphatic carbocycles. The van der Waals surface area contributed by atoms with Crippen LogP contribution in [0.3, 0.4) is 0 Å². The highest BCUT2D eigenvalue weighted by molar-refractivity contribution is 5.81. The van der Waals surface area contributed by atoms with Crippen molar-refractivity contribution in [3.05, 3.63) is 53.3 Å². The first-order chi connectivity index (χ1) is 9.19. The molecule has 0 radical (unpaired) electrons.